The minimum Gasteiger partial charge on any atom is -0.322 e. The number of rotatable bonds is 3. The van der Waals surface area contributed by atoms with Gasteiger partial charge in [0, 0.05) is 20.7 Å². The second-order valence-corrected chi connectivity index (χ2v) is 6.75. The standard InChI is InChI=1S/C14H10BrClN4OS/c15-10-5-9(6-11-12(10)19-14(20-17)22-11)18-13(21)7-2-1-3-8(16)4-7/h1-6H,17H2,(H,18,21)(H,19,20). The van der Waals surface area contributed by atoms with Crippen LogP contribution in [0, 0.1) is 0 Å². The first-order valence-corrected chi connectivity index (χ1v) is 8.19. The molecule has 0 aliphatic carbocycles. The van der Waals surface area contributed by atoms with E-state index in [-0.39, 0.29) is 5.91 Å². The van der Waals surface area contributed by atoms with Gasteiger partial charge < -0.3 is 5.32 Å². The van der Waals surface area contributed by atoms with Gasteiger partial charge in [0.2, 0.25) is 0 Å². The monoisotopic (exact) mass is 396 g/mol. The SMILES string of the molecule is NNc1nc2c(Br)cc(NC(=O)c3cccc(Cl)c3)cc2s1. The van der Waals surface area contributed by atoms with Crippen molar-refractivity contribution in [2.75, 3.05) is 10.7 Å². The third kappa shape index (κ3) is 3.07. The third-order valence-electron chi connectivity index (χ3n) is 2.92. The lowest BCUT2D eigenvalue weighted by molar-refractivity contribution is 0.102. The van der Waals surface area contributed by atoms with Crippen LogP contribution in [0.3, 0.4) is 0 Å². The number of amides is 1. The maximum absolute atomic E-state index is 12.2. The Morgan fingerprint density at radius 1 is 1.32 bits per heavy atom. The number of nitrogen functional groups attached to an aromatic ring is 1. The minimum atomic E-state index is -0.226. The molecular formula is C14H10BrClN4OS. The predicted molar refractivity (Wildman–Crippen MR) is 94.5 cm³/mol. The van der Waals surface area contributed by atoms with E-state index in [4.69, 9.17) is 17.4 Å². The van der Waals surface area contributed by atoms with Crippen LogP contribution in [0.4, 0.5) is 10.8 Å². The summed E-state index contributed by atoms with van der Waals surface area (Å²) in [6, 6.07) is 10.4. The van der Waals surface area contributed by atoms with Crippen molar-refractivity contribution in [2.24, 2.45) is 5.84 Å². The van der Waals surface area contributed by atoms with Gasteiger partial charge in [-0.15, -0.1) is 0 Å². The Morgan fingerprint density at radius 2 is 2.14 bits per heavy atom. The van der Waals surface area contributed by atoms with Crippen LogP contribution >= 0.6 is 38.9 Å². The molecule has 0 saturated carbocycles. The molecule has 0 unspecified atom stereocenters. The molecule has 0 aliphatic rings. The van der Waals surface area contributed by atoms with Crippen LogP contribution < -0.4 is 16.6 Å². The topological polar surface area (TPSA) is 80.0 Å². The summed E-state index contributed by atoms with van der Waals surface area (Å²) in [5.41, 5.74) is 4.47. The highest BCUT2D eigenvalue weighted by Gasteiger charge is 2.11. The van der Waals surface area contributed by atoms with E-state index in [1.807, 2.05) is 6.07 Å². The summed E-state index contributed by atoms with van der Waals surface area (Å²) in [7, 11) is 0. The zero-order chi connectivity index (χ0) is 15.7. The van der Waals surface area contributed by atoms with E-state index in [1.54, 1.807) is 30.3 Å². The molecule has 3 aromatic rings. The molecule has 3 rings (SSSR count). The van der Waals surface area contributed by atoms with Crippen LogP contribution in [0.5, 0.6) is 0 Å². The Hall–Kier alpha value is -1.67. The number of carbonyl (C=O) groups excluding carboxylic acids is 1. The summed E-state index contributed by atoms with van der Waals surface area (Å²) >= 11 is 10.8. The molecule has 0 fully saturated rings. The first-order valence-electron chi connectivity index (χ1n) is 6.20. The fourth-order valence-corrected chi connectivity index (χ4v) is 3.67. The average Bonchev–Trinajstić information content (AvgIpc) is 2.91. The van der Waals surface area contributed by atoms with Crippen LogP contribution in [-0.4, -0.2) is 10.9 Å². The number of anilines is 2. The molecule has 0 radical (unpaired) electrons. The van der Waals surface area contributed by atoms with Gasteiger partial charge >= 0.3 is 0 Å². The van der Waals surface area contributed by atoms with Gasteiger partial charge in [0.05, 0.1) is 10.2 Å². The van der Waals surface area contributed by atoms with Crippen molar-refractivity contribution in [3.05, 3.63) is 51.5 Å². The summed E-state index contributed by atoms with van der Waals surface area (Å²) in [5, 5.41) is 3.97. The number of thiazole rings is 1. The van der Waals surface area contributed by atoms with Crippen molar-refractivity contribution in [1.29, 1.82) is 0 Å². The predicted octanol–water partition coefficient (Wildman–Crippen LogP) is 4.25. The Kier molecular flexibility index (Phi) is 4.30. The third-order valence-corrected chi connectivity index (χ3v) is 4.69. The fourth-order valence-electron chi connectivity index (χ4n) is 1.96. The molecule has 8 heteroatoms. The number of hydrogen-bond donors (Lipinski definition) is 3. The molecular weight excluding hydrogens is 388 g/mol. The van der Waals surface area contributed by atoms with E-state index >= 15 is 0 Å². The van der Waals surface area contributed by atoms with Gasteiger partial charge in [0.25, 0.3) is 5.91 Å². The van der Waals surface area contributed by atoms with Crippen LogP contribution in [-0.2, 0) is 0 Å². The largest absolute Gasteiger partial charge is 0.322 e. The molecule has 0 aliphatic heterocycles. The Morgan fingerprint density at radius 3 is 2.86 bits per heavy atom. The van der Waals surface area contributed by atoms with Gasteiger partial charge in [-0.2, -0.15) is 0 Å². The molecule has 1 aromatic heterocycles. The quantitative estimate of drug-likeness (QED) is 0.456. The van der Waals surface area contributed by atoms with E-state index in [9.17, 15) is 4.79 Å². The fraction of sp³-hybridized carbons (Fsp3) is 0. The number of carbonyl (C=O) groups is 1. The molecule has 1 heterocycles. The maximum Gasteiger partial charge on any atom is 0.255 e. The molecule has 0 atom stereocenters. The van der Waals surface area contributed by atoms with Gasteiger partial charge in [0.1, 0.15) is 0 Å². The highest BCUT2D eigenvalue weighted by Crippen LogP contribution is 2.33. The molecule has 112 valence electrons. The number of benzene rings is 2. The maximum atomic E-state index is 12.2. The number of fused-ring (bicyclic) bond motifs is 1. The van der Waals surface area contributed by atoms with E-state index in [0.717, 1.165) is 14.7 Å². The van der Waals surface area contributed by atoms with E-state index < -0.39 is 0 Å². The molecule has 0 spiro atoms. The zero-order valence-corrected chi connectivity index (χ0v) is 14.2. The number of aromatic nitrogens is 1. The van der Waals surface area contributed by atoms with E-state index in [2.05, 4.69) is 31.7 Å². The van der Waals surface area contributed by atoms with Crippen molar-refractivity contribution >= 4 is 65.8 Å². The summed E-state index contributed by atoms with van der Waals surface area (Å²) in [5.74, 6) is 5.15. The molecule has 0 saturated heterocycles. The van der Waals surface area contributed by atoms with E-state index in [0.29, 0.717) is 21.4 Å². The average molecular weight is 398 g/mol. The Bertz CT molecular complexity index is 867. The van der Waals surface area contributed by atoms with Crippen molar-refractivity contribution in [1.82, 2.24) is 4.98 Å². The molecule has 22 heavy (non-hydrogen) atoms. The molecule has 1 amide bonds. The van der Waals surface area contributed by atoms with Gasteiger partial charge in [-0.25, -0.2) is 10.8 Å². The number of halogens is 2. The van der Waals surface area contributed by atoms with Crippen molar-refractivity contribution in [3.63, 3.8) is 0 Å². The Labute approximate surface area is 143 Å². The van der Waals surface area contributed by atoms with Gasteiger partial charge in [-0.05, 0) is 46.3 Å². The van der Waals surface area contributed by atoms with Crippen LogP contribution in [0.15, 0.2) is 40.9 Å². The van der Waals surface area contributed by atoms with Crippen LogP contribution in [0.1, 0.15) is 10.4 Å². The van der Waals surface area contributed by atoms with Gasteiger partial charge in [-0.3, -0.25) is 10.2 Å². The lowest BCUT2D eigenvalue weighted by Crippen LogP contribution is -2.11. The number of hydrogen-bond acceptors (Lipinski definition) is 5. The van der Waals surface area contributed by atoms with E-state index in [1.165, 1.54) is 11.3 Å². The second kappa shape index (κ2) is 6.21. The second-order valence-electron chi connectivity index (χ2n) is 4.43. The number of hydrazine groups is 1. The Balaban J connectivity index is 1.92. The normalized spacial score (nSPS) is 10.7. The smallest absolute Gasteiger partial charge is 0.255 e. The minimum absolute atomic E-state index is 0.226. The number of nitrogens with zero attached hydrogens (tertiary/aromatic N) is 1. The van der Waals surface area contributed by atoms with Crippen molar-refractivity contribution < 1.29 is 4.79 Å². The number of nitrogens with one attached hydrogen (secondary N) is 2. The van der Waals surface area contributed by atoms with Gasteiger partial charge in [-0.1, -0.05) is 29.0 Å². The summed E-state index contributed by atoms with van der Waals surface area (Å²) in [4.78, 5) is 16.6. The van der Waals surface area contributed by atoms with Crippen molar-refractivity contribution in [2.45, 2.75) is 0 Å². The molecule has 4 N–H and O–H groups in total. The van der Waals surface area contributed by atoms with Crippen LogP contribution in [0.2, 0.25) is 5.02 Å². The molecule has 5 nitrogen and oxygen atoms in total. The zero-order valence-electron chi connectivity index (χ0n) is 11.1. The van der Waals surface area contributed by atoms with Crippen LogP contribution in [0.25, 0.3) is 10.2 Å². The highest BCUT2D eigenvalue weighted by molar-refractivity contribution is 9.10. The van der Waals surface area contributed by atoms with Crippen molar-refractivity contribution in [3.8, 4) is 0 Å². The number of nitrogens with two attached hydrogens (primary N) is 1. The molecule has 0 bridgehead atoms. The first-order chi connectivity index (χ1) is 10.6. The molecule has 2 aromatic carbocycles. The first kappa shape index (κ1) is 15.2. The lowest BCUT2D eigenvalue weighted by atomic mass is 10.2. The summed E-state index contributed by atoms with van der Waals surface area (Å²) in [6.07, 6.45) is 0. The lowest BCUT2D eigenvalue weighted by Gasteiger charge is -2.06. The van der Waals surface area contributed by atoms with Gasteiger partial charge in [0.15, 0.2) is 5.13 Å². The highest BCUT2D eigenvalue weighted by atomic mass is 79.9. The summed E-state index contributed by atoms with van der Waals surface area (Å²) < 4.78 is 1.69. The summed E-state index contributed by atoms with van der Waals surface area (Å²) in [6.45, 7) is 0.